The van der Waals surface area contributed by atoms with Crippen molar-refractivity contribution in [3.05, 3.63) is 48.5 Å². The van der Waals surface area contributed by atoms with E-state index >= 15 is 0 Å². The molecule has 3 aliphatic rings. The number of hydrogen-bond acceptors (Lipinski definition) is 11. The molecule has 2 aromatic heterocycles. The van der Waals surface area contributed by atoms with Gasteiger partial charge in [0.25, 0.3) is 5.91 Å². The van der Waals surface area contributed by atoms with Gasteiger partial charge in [0.15, 0.2) is 29.0 Å². The van der Waals surface area contributed by atoms with Crippen LogP contribution in [0, 0.1) is 0 Å². The van der Waals surface area contributed by atoms with E-state index in [4.69, 9.17) is 31.0 Å². The highest BCUT2D eigenvalue weighted by Gasteiger charge is 2.57. The summed E-state index contributed by atoms with van der Waals surface area (Å²) in [6.45, 7) is 4.14. The Morgan fingerprint density at radius 2 is 1.94 bits per heavy atom. The Kier molecular flexibility index (Phi) is 6.70. The van der Waals surface area contributed by atoms with Gasteiger partial charge in [0, 0.05) is 17.1 Å². The summed E-state index contributed by atoms with van der Waals surface area (Å²) in [5, 5.41) is 1.00. The summed E-state index contributed by atoms with van der Waals surface area (Å²) in [4.78, 5) is 25.9. The van der Waals surface area contributed by atoms with Gasteiger partial charge in [-0.15, -0.1) is 0 Å². The number of fused-ring (bicyclic) bond motifs is 2. The highest BCUT2D eigenvalue weighted by Crippen LogP contribution is 2.87. The number of hydrogen-bond donors (Lipinski definition) is 2. The lowest BCUT2D eigenvalue weighted by molar-refractivity contribution is -0.198. The fourth-order valence-corrected chi connectivity index (χ4v) is 13.6. The van der Waals surface area contributed by atoms with Crippen molar-refractivity contribution in [3.63, 3.8) is 0 Å². The highest BCUT2D eigenvalue weighted by atomic mass is 33.4. The van der Waals surface area contributed by atoms with Gasteiger partial charge in [-0.25, -0.2) is 15.0 Å². The zero-order chi connectivity index (χ0) is 24.9. The average Bonchev–Trinajstić information content (AvgIpc) is 3.62. The van der Waals surface area contributed by atoms with E-state index in [1.165, 1.54) is 6.33 Å². The topological polar surface area (TPSA) is 110 Å². The van der Waals surface area contributed by atoms with Crippen molar-refractivity contribution in [3.8, 4) is 0 Å². The van der Waals surface area contributed by atoms with E-state index in [-0.39, 0.29) is 24.2 Å². The smallest absolute Gasteiger partial charge is 0.318 e. The van der Waals surface area contributed by atoms with E-state index < -0.39 is 17.1 Å². The molecule has 36 heavy (non-hydrogen) atoms. The van der Waals surface area contributed by atoms with Crippen molar-refractivity contribution < 1.29 is 23.5 Å². The standard InChI is InChI=1S/C22H24N5O5PS3/c1-22(2)31-16-14(10-29-33(34)35-8-9-36-33)30-21(17(16)32-22)27-12-25-15-18(23-11-24-19(15)27)26-20(28)13-6-4-3-5-7-13/h3-7,11-12,14,16-17,21,34H,8-10H2,1-2H3/p+1/t14-,16-,17-,21-/m1/s1. The maximum Gasteiger partial charge on any atom is 0.318 e. The molecule has 1 amide bonds. The van der Waals surface area contributed by atoms with Gasteiger partial charge in [-0.2, -0.15) is 4.52 Å². The van der Waals surface area contributed by atoms with Gasteiger partial charge < -0.3 is 19.5 Å². The number of amides is 1. The summed E-state index contributed by atoms with van der Waals surface area (Å²) >= 11 is 8.36. The minimum absolute atomic E-state index is 0.277. The van der Waals surface area contributed by atoms with Crippen molar-refractivity contribution in [1.82, 2.24) is 19.5 Å². The second-order valence-electron chi connectivity index (χ2n) is 8.93. The maximum absolute atomic E-state index is 12.7. The SMILES string of the molecule is CC1(C)O[C@@H]2[C@H](O1)[C@@H](CO[P+]1(S)SCCS1)O[C@H]2n1cnc2c(NC(=O)c3ccccc3)ncnc21. The molecule has 0 unspecified atom stereocenters. The average molecular weight is 567 g/mol. The minimum atomic E-state index is -1.83. The number of carbonyl (C=O) groups is 1. The molecule has 190 valence electrons. The predicted molar refractivity (Wildman–Crippen MR) is 144 cm³/mol. The Balaban J connectivity index is 1.26. The highest BCUT2D eigenvalue weighted by molar-refractivity contribution is 9.15. The first-order valence-electron chi connectivity index (χ1n) is 11.4. The molecule has 3 fully saturated rings. The van der Waals surface area contributed by atoms with Gasteiger partial charge in [0.1, 0.15) is 31.2 Å². The molecular formula is C22H25N5O5PS3+. The first kappa shape index (κ1) is 24.9. The first-order valence-corrected chi connectivity index (χ1v) is 17.5. The zero-order valence-corrected chi connectivity index (χ0v) is 22.9. The second-order valence-corrected chi connectivity index (χ2v) is 20.1. The molecule has 0 aliphatic carbocycles. The number of carbonyl (C=O) groups excluding carboxylic acids is 1. The second kappa shape index (κ2) is 9.70. The van der Waals surface area contributed by atoms with E-state index in [1.807, 2.05) is 24.5 Å². The van der Waals surface area contributed by atoms with E-state index in [0.29, 0.717) is 29.2 Å². The van der Waals surface area contributed by atoms with Gasteiger partial charge in [-0.05, 0) is 26.0 Å². The third-order valence-electron chi connectivity index (χ3n) is 6.02. The first-order chi connectivity index (χ1) is 17.3. The molecule has 5 heterocycles. The number of ether oxygens (including phenoxy) is 3. The number of nitrogens with zero attached hydrogens (tertiary/aromatic N) is 4. The monoisotopic (exact) mass is 566 g/mol. The van der Waals surface area contributed by atoms with Gasteiger partial charge in [0.2, 0.25) is 0 Å². The lowest BCUT2D eigenvalue weighted by Gasteiger charge is -2.24. The van der Waals surface area contributed by atoms with Crippen LogP contribution in [0.5, 0.6) is 0 Å². The zero-order valence-electron chi connectivity index (χ0n) is 19.5. The van der Waals surface area contributed by atoms with Crippen molar-refractivity contribution >= 4 is 63.0 Å². The van der Waals surface area contributed by atoms with E-state index in [2.05, 4.69) is 20.3 Å². The van der Waals surface area contributed by atoms with Crippen molar-refractivity contribution in [1.29, 1.82) is 0 Å². The molecule has 4 atom stereocenters. The van der Waals surface area contributed by atoms with Crippen LogP contribution in [-0.2, 0) is 18.7 Å². The number of anilines is 1. The molecule has 10 nitrogen and oxygen atoms in total. The third kappa shape index (κ3) is 4.76. The summed E-state index contributed by atoms with van der Waals surface area (Å²) in [6.07, 6.45) is 1.44. The van der Waals surface area contributed by atoms with E-state index in [0.717, 1.165) is 11.5 Å². The molecular weight excluding hydrogens is 541 g/mol. The summed E-state index contributed by atoms with van der Waals surface area (Å²) in [6, 6.07) is 8.94. The van der Waals surface area contributed by atoms with Crippen LogP contribution in [0.15, 0.2) is 43.0 Å². The van der Waals surface area contributed by atoms with Gasteiger partial charge >= 0.3 is 5.10 Å². The van der Waals surface area contributed by atoms with Crippen molar-refractivity contribution in [2.45, 2.75) is 44.2 Å². The molecule has 14 heteroatoms. The Hall–Kier alpha value is -1.44. The summed E-state index contributed by atoms with van der Waals surface area (Å²) in [5.74, 6) is 1.36. The number of rotatable bonds is 6. The van der Waals surface area contributed by atoms with E-state index in [9.17, 15) is 4.79 Å². The molecule has 6 rings (SSSR count). The van der Waals surface area contributed by atoms with Crippen molar-refractivity contribution in [2.75, 3.05) is 23.4 Å². The van der Waals surface area contributed by atoms with Crippen LogP contribution < -0.4 is 5.32 Å². The normalized spacial score (nSPS) is 28.4. The number of nitrogens with one attached hydrogen (secondary N) is 1. The number of thiol groups is 1. The van der Waals surface area contributed by atoms with Gasteiger partial charge in [-0.1, -0.05) is 18.2 Å². The molecule has 3 aliphatic heterocycles. The molecule has 3 saturated heterocycles. The van der Waals surface area contributed by atoms with Gasteiger partial charge in [0.05, 0.1) is 41.3 Å². The fourth-order valence-electron chi connectivity index (χ4n) is 4.50. The molecule has 0 saturated carbocycles. The van der Waals surface area contributed by atoms with Crippen LogP contribution in [0.1, 0.15) is 30.4 Å². The molecule has 0 spiro atoms. The Bertz CT molecular complexity index is 1280. The summed E-state index contributed by atoms with van der Waals surface area (Å²) < 4.78 is 27.0. The van der Waals surface area contributed by atoms with Crippen LogP contribution in [-0.4, -0.2) is 67.6 Å². The number of imidazole rings is 1. The molecule has 3 aromatic rings. The van der Waals surface area contributed by atoms with Crippen LogP contribution in [0.2, 0.25) is 0 Å². The largest absolute Gasteiger partial charge is 0.346 e. The predicted octanol–water partition coefficient (Wildman–Crippen LogP) is 4.60. The molecule has 0 radical (unpaired) electrons. The van der Waals surface area contributed by atoms with E-state index in [1.54, 1.807) is 53.4 Å². The Morgan fingerprint density at radius 3 is 2.72 bits per heavy atom. The number of aromatic nitrogens is 4. The van der Waals surface area contributed by atoms with Crippen LogP contribution in [0.4, 0.5) is 5.82 Å². The summed E-state index contributed by atoms with van der Waals surface area (Å²) in [7, 11) is 0. The molecule has 1 aromatic carbocycles. The Morgan fingerprint density at radius 1 is 1.19 bits per heavy atom. The number of benzene rings is 1. The van der Waals surface area contributed by atoms with Crippen LogP contribution >= 0.6 is 40.1 Å². The van der Waals surface area contributed by atoms with Crippen LogP contribution in [0.25, 0.3) is 11.2 Å². The summed E-state index contributed by atoms with van der Waals surface area (Å²) in [5.41, 5.74) is 1.50. The molecule has 1 N–H and O–H groups in total. The lowest BCUT2D eigenvalue weighted by atomic mass is 10.1. The third-order valence-corrected chi connectivity index (χ3v) is 16.2. The molecule has 0 bridgehead atoms. The fraction of sp³-hybridized carbons (Fsp3) is 0.455. The quantitative estimate of drug-likeness (QED) is 0.325. The van der Waals surface area contributed by atoms with Crippen LogP contribution in [0.3, 0.4) is 0 Å². The maximum atomic E-state index is 12.7. The van der Waals surface area contributed by atoms with Crippen molar-refractivity contribution in [2.24, 2.45) is 0 Å². The van der Waals surface area contributed by atoms with Gasteiger partial charge in [-0.3, -0.25) is 9.36 Å². The lowest BCUT2D eigenvalue weighted by Crippen LogP contribution is -2.32. The Labute approximate surface area is 221 Å². The minimum Gasteiger partial charge on any atom is -0.346 e.